The largest absolute Gasteiger partial charge is 0.484 e. The first-order chi connectivity index (χ1) is 12.7. The zero-order valence-corrected chi connectivity index (χ0v) is 13.7. The van der Waals surface area contributed by atoms with Crippen LogP contribution in [0.1, 0.15) is 0 Å². The highest BCUT2D eigenvalue weighted by molar-refractivity contribution is 6.00. The molecule has 0 atom stereocenters. The highest BCUT2D eigenvalue weighted by Gasteiger charge is 2.08. The Kier molecular flexibility index (Phi) is 5.14. The van der Waals surface area contributed by atoms with Crippen LogP contribution in [-0.2, 0) is 4.79 Å². The van der Waals surface area contributed by atoms with Gasteiger partial charge in [0.2, 0.25) is 0 Å². The number of pyridine rings is 1. The lowest BCUT2D eigenvalue weighted by molar-refractivity contribution is -0.118. The monoisotopic (exact) mass is 348 g/mol. The summed E-state index contributed by atoms with van der Waals surface area (Å²) in [6.45, 7) is -0.153. The molecule has 3 N–H and O–H groups in total. The molecule has 1 aromatic heterocycles. The van der Waals surface area contributed by atoms with E-state index in [2.05, 4.69) is 15.5 Å². The van der Waals surface area contributed by atoms with Gasteiger partial charge in [0, 0.05) is 11.6 Å². The molecule has 0 unspecified atom stereocenters. The van der Waals surface area contributed by atoms with Crippen LogP contribution in [0.15, 0.2) is 66.0 Å². The van der Waals surface area contributed by atoms with Crippen molar-refractivity contribution >= 4 is 34.5 Å². The minimum Gasteiger partial charge on any atom is -0.484 e. The summed E-state index contributed by atoms with van der Waals surface area (Å²) >= 11 is 0. The molecule has 1 amide bonds. The van der Waals surface area contributed by atoms with Crippen molar-refractivity contribution in [2.45, 2.75) is 0 Å². The number of carbonyl (C=O) groups is 1. The van der Waals surface area contributed by atoms with E-state index in [0.717, 1.165) is 22.3 Å². The molecule has 0 saturated carbocycles. The van der Waals surface area contributed by atoms with Gasteiger partial charge in [-0.25, -0.2) is 5.01 Å². The van der Waals surface area contributed by atoms with Crippen molar-refractivity contribution in [3.05, 3.63) is 60.8 Å². The van der Waals surface area contributed by atoms with Gasteiger partial charge < -0.3 is 10.1 Å². The average molecular weight is 348 g/mol. The number of fused-ring (bicyclic) bond motifs is 1. The van der Waals surface area contributed by atoms with Gasteiger partial charge in [0.1, 0.15) is 12.1 Å². The second-order valence-corrected chi connectivity index (χ2v) is 5.29. The zero-order chi connectivity index (χ0) is 18.4. The van der Waals surface area contributed by atoms with E-state index in [1.54, 1.807) is 36.5 Å². The average Bonchev–Trinajstić information content (AvgIpc) is 2.68. The van der Waals surface area contributed by atoms with Crippen LogP contribution in [0.2, 0.25) is 0 Å². The summed E-state index contributed by atoms with van der Waals surface area (Å²) in [5, 5.41) is 15.2. The lowest BCUT2D eigenvalue weighted by atomic mass is 10.2. The molecule has 0 aliphatic carbocycles. The maximum atomic E-state index is 12.2. The van der Waals surface area contributed by atoms with Crippen LogP contribution in [0, 0.1) is 10.9 Å². The molecule has 0 aliphatic heterocycles. The van der Waals surface area contributed by atoms with Gasteiger partial charge in [0.15, 0.2) is 6.61 Å². The van der Waals surface area contributed by atoms with Crippen LogP contribution < -0.4 is 15.1 Å². The molecule has 3 aromatic rings. The number of nitrogens with zero attached hydrogens (tertiary/aromatic N) is 3. The van der Waals surface area contributed by atoms with E-state index >= 15 is 0 Å². The van der Waals surface area contributed by atoms with Crippen LogP contribution in [0.25, 0.3) is 10.9 Å². The smallest absolute Gasteiger partial charge is 0.262 e. The second-order valence-electron chi connectivity index (χ2n) is 5.29. The molecule has 130 valence electrons. The fourth-order valence-electron chi connectivity index (χ4n) is 2.40. The minimum absolute atomic E-state index is 0.153. The normalized spacial score (nSPS) is 10.2. The molecule has 8 nitrogen and oxygen atoms in total. The molecular formula is C18H16N6O2. The summed E-state index contributed by atoms with van der Waals surface area (Å²) in [7, 11) is 0. The van der Waals surface area contributed by atoms with Crippen LogP contribution in [0.4, 0.5) is 11.4 Å². The molecule has 3 rings (SSSR count). The molecule has 26 heavy (non-hydrogen) atoms. The van der Waals surface area contributed by atoms with Crippen LogP contribution in [0.3, 0.4) is 0 Å². The number of amides is 1. The van der Waals surface area contributed by atoms with Crippen molar-refractivity contribution in [2.24, 2.45) is 5.22 Å². The number of hydrogen-bond acceptors (Lipinski definition) is 6. The van der Waals surface area contributed by atoms with E-state index in [4.69, 9.17) is 15.7 Å². The first-order valence-corrected chi connectivity index (χ1v) is 7.75. The Bertz CT molecular complexity index is 929. The molecule has 2 aromatic carbocycles. The Labute approximate surface area is 149 Å². The van der Waals surface area contributed by atoms with Gasteiger partial charge in [0.05, 0.1) is 16.9 Å². The molecule has 8 heteroatoms. The minimum atomic E-state index is -0.297. The van der Waals surface area contributed by atoms with Crippen molar-refractivity contribution in [1.82, 2.24) is 4.98 Å². The predicted octanol–water partition coefficient (Wildman–Crippen LogP) is 3.61. The van der Waals surface area contributed by atoms with Crippen LogP contribution in [-0.4, -0.2) is 23.8 Å². The Morgan fingerprint density at radius 2 is 1.96 bits per heavy atom. The molecule has 1 heterocycles. The van der Waals surface area contributed by atoms with Gasteiger partial charge in [0.25, 0.3) is 5.91 Å². The maximum absolute atomic E-state index is 12.2. The maximum Gasteiger partial charge on any atom is 0.262 e. The third-order valence-electron chi connectivity index (χ3n) is 3.61. The standard InChI is InChI=1S/C18H16N6O2/c19-12-24(23-20)14-6-8-15(9-7-14)26-11-17(25)22-16-5-1-3-13-4-2-10-21-18(13)16/h1-10,12,19-20H,11H2,(H,22,25). The zero-order valence-electron chi connectivity index (χ0n) is 13.7. The first kappa shape index (κ1) is 17.0. The second kappa shape index (κ2) is 7.84. The van der Waals surface area contributed by atoms with Gasteiger partial charge in [-0.15, -0.1) is 0 Å². The summed E-state index contributed by atoms with van der Waals surface area (Å²) in [5.74, 6) is 0.198. The van der Waals surface area contributed by atoms with E-state index in [9.17, 15) is 4.79 Å². The highest BCUT2D eigenvalue weighted by atomic mass is 16.5. The van der Waals surface area contributed by atoms with Crippen molar-refractivity contribution in [3.63, 3.8) is 0 Å². The summed E-state index contributed by atoms with van der Waals surface area (Å²) in [6.07, 6.45) is 2.60. The van der Waals surface area contributed by atoms with Gasteiger partial charge in [-0.2, -0.15) is 5.53 Å². The number of para-hydroxylation sites is 1. The number of hydrogen-bond donors (Lipinski definition) is 3. The van der Waals surface area contributed by atoms with Crippen molar-refractivity contribution in [2.75, 3.05) is 16.9 Å². The van der Waals surface area contributed by atoms with Gasteiger partial charge >= 0.3 is 0 Å². The van der Waals surface area contributed by atoms with Gasteiger partial charge in [-0.1, -0.05) is 23.4 Å². The lowest BCUT2D eigenvalue weighted by Crippen LogP contribution is -2.20. The van der Waals surface area contributed by atoms with Gasteiger partial charge in [-0.05, 0) is 36.4 Å². The number of aromatic nitrogens is 1. The van der Waals surface area contributed by atoms with Crippen molar-refractivity contribution in [1.29, 1.82) is 10.9 Å². The number of rotatable bonds is 7. The highest BCUT2D eigenvalue weighted by Crippen LogP contribution is 2.21. The predicted molar refractivity (Wildman–Crippen MR) is 98.7 cm³/mol. The van der Waals surface area contributed by atoms with Crippen LogP contribution in [0.5, 0.6) is 5.75 Å². The molecule has 0 radical (unpaired) electrons. The van der Waals surface area contributed by atoms with Gasteiger partial charge in [-0.3, -0.25) is 15.2 Å². The third kappa shape index (κ3) is 3.81. The lowest BCUT2D eigenvalue weighted by Gasteiger charge is -2.12. The third-order valence-corrected chi connectivity index (χ3v) is 3.61. The van der Waals surface area contributed by atoms with E-state index in [-0.39, 0.29) is 12.5 Å². The quantitative estimate of drug-likeness (QED) is 0.262. The molecule has 0 spiro atoms. The topological polar surface area (TPSA) is 115 Å². The number of benzene rings is 2. The van der Waals surface area contributed by atoms with Crippen molar-refractivity contribution in [3.8, 4) is 5.75 Å². The summed E-state index contributed by atoms with van der Waals surface area (Å²) in [4.78, 5) is 16.4. The fourth-order valence-corrected chi connectivity index (χ4v) is 2.40. The van der Waals surface area contributed by atoms with E-state index in [0.29, 0.717) is 17.1 Å². The Morgan fingerprint density at radius 1 is 1.19 bits per heavy atom. The molecule has 0 saturated heterocycles. The van der Waals surface area contributed by atoms with Crippen LogP contribution >= 0.6 is 0 Å². The fraction of sp³-hybridized carbons (Fsp3) is 0.0556. The summed E-state index contributed by atoms with van der Waals surface area (Å²) in [6, 6.07) is 15.9. The Morgan fingerprint density at radius 3 is 2.69 bits per heavy atom. The number of carbonyl (C=O) groups excluding carboxylic acids is 1. The number of ether oxygens (including phenoxy) is 1. The summed E-state index contributed by atoms with van der Waals surface area (Å²) < 4.78 is 5.47. The molecule has 0 fully saturated rings. The number of nitrogens with one attached hydrogen (secondary N) is 3. The number of anilines is 2. The molecule has 0 aliphatic rings. The van der Waals surface area contributed by atoms with E-state index in [1.165, 1.54) is 0 Å². The van der Waals surface area contributed by atoms with E-state index in [1.807, 2.05) is 24.3 Å². The SMILES string of the molecule is N=CN(N=N)c1ccc(OCC(=O)Nc2cccc3cccnc23)cc1. The van der Waals surface area contributed by atoms with Crippen molar-refractivity contribution < 1.29 is 9.53 Å². The molecule has 0 bridgehead atoms. The molecular weight excluding hydrogens is 332 g/mol. The Hall–Kier alpha value is -3.81. The summed E-state index contributed by atoms with van der Waals surface area (Å²) in [5.41, 5.74) is 8.86. The first-order valence-electron chi connectivity index (χ1n) is 7.75. The Balaban J connectivity index is 1.62. The van der Waals surface area contributed by atoms with E-state index < -0.39 is 0 Å².